The lowest BCUT2D eigenvalue weighted by atomic mass is 10.2. The number of hydrogen-bond acceptors (Lipinski definition) is 2. The molecule has 0 spiro atoms. The van der Waals surface area contributed by atoms with Gasteiger partial charge in [0.2, 0.25) is 0 Å². The van der Waals surface area contributed by atoms with Crippen molar-refractivity contribution in [2.24, 2.45) is 0 Å². The van der Waals surface area contributed by atoms with Gasteiger partial charge in [-0.15, -0.1) is 0 Å². The van der Waals surface area contributed by atoms with Gasteiger partial charge >= 0.3 is 0 Å². The summed E-state index contributed by atoms with van der Waals surface area (Å²) in [6, 6.07) is 1.50. The highest BCUT2D eigenvalue weighted by Crippen LogP contribution is 2.17. The molecule has 1 aliphatic rings. The zero-order chi connectivity index (χ0) is 16.3. The Hall–Kier alpha value is -2.08. The summed E-state index contributed by atoms with van der Waals surface area (Å²) in [6.07, 6.45) is 4.77. The minimum Gasteiger partial charge on any atom is -0.274 e. The minimum atomic E-state index is -1.58. The molecule has 1 aromatic carbocycles. The molecule has 0 fully saturated rings. The highest BCUT2D eigenvalue weighted by Gasteiger charge is 2.23. The van der Waals surface area contributed by atoms with Crippen LogP contribution >= 0.6 is 11.6 Å². The van der Waals surface area contributed by atoms with E-state index in [1.165, 1.54) is 6.08 Å². The van der Waals surface area contributed by atoms with Crippen LogP contribution in [0.5, 0.6) is 0 Å². The molecule has 1 aliphatic heterocycles. The van der Waals surface area contributed by atoms with E-state index in [1.807, 2.05) is 0 Å². The molecule has 0 aliphatic carbocycles. The first-order chi connectivity index (χ1) is 10.4. The summed E-state index contributed by atoms with van der Waals surface area (Å²) in [4.78, 5) is 24.8. The summed E-state index contributed by atoms with van der Waals surface area (Å²) < 4.78 is 39.0. The smallest absolute Gasteiger partial charge is 0.271 e. The fraction of sp³-hybridized carbons (Fsp3) is 0.200. The van der Waals surface area contributed by atoms with Gasteiger partial charge in [-0.3, -0.25) is 14.5 Å². The van der Waals surface area contributed by atoms with Crippen LogP contribution in [-0.2, 0) is 9.59 Å². The average molecular weight is 330 g/mol. The zero-order valence-electron chi connectivity index (χ0n) is 11.3. The number of amides is 2. The van der Waals surface area contributed by atoms with E-state index in [9.17, 15) is 22.8 Å². The molecule has 0 atom stereocenters. The highest BCUT2D eigenvalue weighted by molar-refractivity contribution is 6.43. The van der Waals surface area contributed by atoms with Crippen molar-refractivity contribution in [1.29, 1.82) is 0 Å². The number of allylic oxidation sites excluding steroid dienone is 1. The van der Waals surface area contributed by atoms with E-state index in [-0.39, 0.29) is 17.1 Å². The van der Waals surface area contributed by atoms with Gasteiger partial charge in [0.05, 0.1) is 0 Å². The molecule has 0 unspecified atom stereocenters. The number of halogens is 4. The maximum absolute atomic E-state index is 13.1. The van der Waals surface area contributed by atoms with Crippen LogP contribution in [0.15, 0.2) is 29.3 Å². The summed E-state index contributed by atoms with van der Waals surface area (Å²) in [5, 5.41) is -0.0434. The van der Waals surface area contributed by atoms with Crippen LogP contribution in [0.25, 0.3) is 6.08 Å². The molecule has 0 radical (unpaired) electrons. The lowest BCUT2D eigenvalue weighted by Crippen LogP contribution is -2.35. The van der Waals surface area contributed by atoms with Crippen LogP contribution < -0.4 is 0 Å². The third kappa shape index (κ3) is 3.57. The lowest BCUT2D eigenvalue weighted by Gasteiger charge is -2.16. The summed E-state index contributed by atoms with van der Waals surface area (Å²) in [7, 11) is 0. The van der Waals surface area contributed by atoms with Crippen LogP contribution in [0.3, 0.4) is 0 Å². The van der Waals surface area contributed by atoms with Gasteiger partial charge < -0.3 is 0 Å². The largest absolute Gasteiger partial charge is 0.274 e. The van der Waals surface area contributed by atoms with Crippen molar-refractivity contribution in [3.05, 3.63) is 52.3 Å². The number of imide groups is 1. The molecule has 116 valence electrons. The zero-order valence-corrected chi connectivity index (χ0v) is 12.0. The molecule has 7 heteroatoms. The third-order valence-electron chi connectivity index (χ3n) is 3.05. The number of rotatable bonds is 2. The van der Waals surface area contributed by atoms with Crippen LogP contribution in [-0.4, -0.2) is 23.3 Å². The van der Waals surface area contributed by atoms with Crippen molar-refractivity contribution in [3.8, 4) is 0 Å². The fourth-order valence-electron chi connectivity index (χ4n) is 1.94. The van der Waals surface area contributed by atoms with E-state index >= 15 is 0 Å². The van der Waals surface area contributed by atoms with Gasteiger partial charge in [-0.2, -0.15) is 0 Å². The monoisotopic (exact) mass is 329 g/mol. The molecule has 2 amide bonds. The average Bonchev–Trinajstić information content (AvgIpc) is 2.64. The predicted molar refractivity (Wildman–Crippen MR) is 75.2 cm³/mol. The van der Waals surface area contributed by atoms with Gasteiger partial charge in [0.25, 0.3) is 11.8 Å². The van der Waals surface area contributed by atoms with Crippen molar-refractivity contribution in [1.82, 2.24) is 4.90 Å². The predicted octanol–water partition coefficient (Wildman–Crippen LogP) is 3.39. The third-order valence-corrected chi connectivity index (χ3v) is 3.37. The molecule has 1 heterocycles. The molecule has 0 aromatic heterocycles. The quantitative estimate of drug-likeness (QED) is 0.616. The number of nitrogens with zero attached hydrogens (tertiary/aromatic N) is 1. The summed E-state index contributed by atoms with van der Waals surface area (Å²) in [6.45, 7) is 0.195. The lowest BCUT2D eigenvalue weighted by molar-refractivity contribution is -0.138. The molecule has 0 saturated heterocycles. The number of carbonyl (C=O) groups excluding carboxylic acids is 2. The minimum absolute atomic E-state index is 0.0336. The molecule has 3 nitrogen and oxygen atoms in total. The standard InChI is InChI=1S/C15H11ClF3NO2/c16-10-3-1-2-6-20(15(10)22)13(21)5-4-9-7-11(17)14(19)12(18)8-9/h3-5,7-8H,1-2,6H2/b5-4+. The van der Waals surface area contributed by atoms with Gasteiger partial charge in [-0.05, 0) is 36.6 Å². The Labute approximate surface area is 129 Å². The summed E-state index contributed by atoms with van der Waals surface area (Å²) in [5.74, 6) is -5.58. The first-order valence-corrected chi connectivity index (χ1v) is 6.82. The SMILES string of the molecule is O=C(/C=C/c1cc(F)c(F)c(F)c1)N1CCCC=C(Cl)C1=O. The van der Waals surface area contributed by atoms with E-state index in [0.29, 0.717) is 12.8 Å². The Morgan fingerprint density at radius 2 is 1.86 bits per heavy atom. The molecule has 0 bridgehead atoms. The van der Waals surface area contributed by atoms with Gasteiger partial charge in [0.15, 0.2) is 17.5 Å². The second kappa shape index (κ2) is 6.79. The maximum atomic E-state index is 13.1. The fourth-order valence-corrected chi connectivity index (χ4v) is 2.15. The van der Waals surface area contributed by atoms with Crippen LogP contribution in [0.1, 0.15) is 18.4 Å². The van der Waals surface area contributed by atoms with E-state index in [0.717, 1.165) is 29.2 Å². The van der Waals surface area contributed by atoms with E-state index in [4.69, 9.17) is 11.6 Å². The molecule has 0 saturated carbocycles. The second-order valence-corrected chi connectivity index (χ2v) is 5.03. The Morgan fingerprint density at radius 3 is 2.50 bits per heavy atom. The normalized spacial score (nSPS) is 15.9. The van der Waals surface area contributed by atoms with Gasteiger partial charge in [0, 0.05) is 12.6 Å². The van der Waals surface area contributed by atoms with Crippen molar-refractivity contribution in [2.75, 3.05) is 6.54 Å². The van der Waals surface area contributed by atoms with Crippen LogP contribution in [0.4, 0.5) is 13.2 Å². The Morgan fingerprint density at radius 1 is 1.23 bits per heavy atom. The van der Waals surface area contributed by atoms with Crippen LogP contribution in [0, 0.1) is 17.5 Å². The molecular formula is C15H11ClF3NO2. The second-order valence-electron chi connectivity index (χ2n) is 4.62. The number of carbonyl (C=O) groups is 2. The van der Waals surface area contributed by atoms with Gasteiger partial charge in [0.1, 0.15) is 5.03 Å². The first-order valence-electron chi connectivity index (χ1n) is 6.44. The van der Waals surface area contributed by atoms with Crippen molar-refractivity contribution < 1.29 is 22.8 Å². The summed E-state index contributed by atoms with van der Waals surface area (Å²) >= 11 is 5.74. The Kier molecular flexibility index (Phi) is 5.03. The topological polar surface area (TPSA) is 37.4 Å². The Balaban J connectivity index is 2.17. The van der Waals surface area contributed by atoms with E-state index < -0.39 is 29.3 Å². The van der Waals surface area contributed by atoms with Crippen molar-refractivity contribution in [3.63, 3.8) is 0 Å². The number of benzene rings is 1. The molecule has 2 rings (SSSR count). The summed E-state index contributed by atoms with van der Waals surface area (Å²) in [5.41, 5.74) is -0.0336. The van der Waals surface area contributed by atoms with Gasteiger partial charge in [-0.1, -0.05) is 17.7 Å². The van der Waals surface area contributed by atoms with E-state index in [2.05, 4.69) is 0 Å². The molecule has 1 aromatic rings. The van der Waals surface area contributed by atoms with Crippen molar-refractivity contribution in [2.45, 2.75) is 12.8 Å². The Bertz CT molecular complexity index is 662. The van der Waals surface area contributed by atoms with Gasteiger partial charge in [-0.25, -0.2) is 13.2 Å². The van der Waals surface area contributed by atoms with E-state index in [1.54, 1.807) is 0 Å². The highest BCUT2D eigenvalue weighted by atomic mass is 35.5. The van der Waals surface area contributed by atoms with Crippen LogP contribution in [0.2, 0.25) is 0 Å². The number of hydrogen-bond donors (Lipinski definition) is 0. The molecular weight excluding hydrogens is 319 g/mol. The van der Waals surface area contributed by atoms with Crippen molar-refractivity contribution >= 4 is 29.5 Å². The molecule has 22 heavy (non-hydrogen) atoms. The first kappa shape index (κ1) is 16.3. The molecule has 0 N–H and O–H groups in total. The maximum Gasteiger partial charge on any atom is 0.271 e.